The third-order valence-corrected chi connectivity index (χ3v) is 8.25. The number of nitrogens with two attached hydrogens (primary N) is 2. The molecule has 0 saturated heterocycles. The average molecular weight is 601 g/mol. The van der Waals surface area contributed by atoms with Crippen molar-refractivity contribution in [2.75, 3.05) is 16.8 Å². The molecule has 2 heterocycles. The molecule has 40 heavy (non-hydrogen) atoms. The van der Waals surface area contributed by atoms with Crippen molar-refractivity contribution in [2.24, 2.45) is 5.92 Å². The minimum absolute atomic E-state index is 0.0342. The predicted molar refractivity (Wildman–Crippen MR) is 155 cm³/mol. The monoisotopic (exact) mass is 599 g/mol. The first-order valence-corrected chi connectivity index (χ1v) is 13.9. The van der Waals surface area contributed by atoms with E-state index in [-0.39, 0.29) is 56.6 Å². The first-order valence-electron chi connectivity index (χ1n) is 12.7. The summed E-state index contributed by atoms with van der Waals surface area (Å²) in [6.07, 6.45) is 2.30. The van der Waals surface area contributed by atoms with Crippen molar-refractivity contribution in [1.82, 2.24) is 19.5 Å². The van der Waals surface area contributed by atoms with Gasteiger partial charge in [0.25, 0.3) is 5.56 Å². The Kier molecular flexibility index (Phi) is 6.93. The van der Waals surface area contributed by atoms with Gasteiger partial charge in [-0.1, -0.05) is 53.0 Å². The van der Waals surface area contributed by atoms with Gasteiger partial charge in [-0.15, -0.1) is 0 Å². The molecule has 4 aromatic rings. The third-order valence-electron chi connectivity index (χ3n) is 7.26. The highest BCUT2D eigenvalue weighted by molar-refractivity contribution is 6.39. The molecule has 1 atom stereocenters. The number of carbonyl (C=O) groups is 1. The SMILES string of the molecule is Nc1nc(N)c(Cl)c(N[C@H](c2nc3c(Cl)ccc(Cl)c3c(=O)n2[C@H]2C[C@H](OC(=O)c3ccccc3)C2)C2CC2)n1. The van der Waals surface area contributed by atoms with E-state index in [1.807, 2.05) is 6.07 Å². The molecule has 6 rings (SSSR count). The Hall–Kier alpha value is -3.60. The van der Waals surface area contributed by atoms with E-state index in [0.717, 1.165) is 12.8 Å². The molecule has 0 spiro atoms. The quantitative estimate of drug-likeness (QED) is 0.236. The van der Waals surface area contributed by atoms with Crippen molar-refractivity contribution in [1.29, 1.82) is 0 Å². The van der Waals surface area contributed by atoms with Crippen LogP contribution < -0.4 is 22.3 Å². The van der Waals surface area contributed by atoms with Crippen molar-refractivity contribution in [2.45, 2.75) is 43.9 Å². The largest absolute Gasteiger partial charge is 0.459 e. The zero-order valence-corrected chi connectivity index (χ0v) is 23.2. The highest BCUT2D eigenvalue weighted by atomic mass is 35.5. The summed E-state index contributed by atoms with van der Waals surface area (Å²) >= 11 is 19.4. The number of carbonyl (C=O) groups excluding carboxylic acids is 1. The van der Waals surface area contributed by atoms with E-state index in [2.05, 4.69) is 15.3 Å². The molecule has 2 aliphatic carbocycles. The van der Waals surface area contributed by atoms with Crippen molar-refractivity contribution in [3.05, 3.63) is 79.3 Å². The van der Waals surface area contributed by atoms with Crippen molar-refractivity contribution >= 4 is 69.3 Å². The van der Waals surface area contributed by atoms with E-state index < -0.39 is 12.0 Å². The number of ether oxygens (including phenoxy) is 1. The van der Waals surface area contributed by atoms with Crippen LogP contribution in [0.25, 0.3) is 10.9 Å². The van der Waals surface area contributed by atoms with Gasteiger partial charge in [0, 0.05) is 18.9 Å². The van der Waals surface area contributed by atoms with Gasteiger partial charge in [-0.3, -0.25) is 9.36 Å². The number of aromatic nitrogens is 4. The Morgan fingerprint density at radius 1 is 1.00 bits per heavy atom. The van der Waals surface area contributed by atoms with Crippen LogP contribution in [-0.4, -0.2) is 31.6 Å². The van der Waals surface area contributed by atoms with E-state index in [9.17, 15) is 9.59 Å². The molecular weight excluding hydrogens is 577 g/mol. The molecule has 0 amide bonds. The number of halogens is 3. The summed E-state index contributed by atoms with van der Waals surface area (Å²) in [4.78, 5) is 39.6. The average Bonchev–Trinajstić information content (AvgIpc) is 3.75. The van der Waals surface area contributed by atoms with E-state index in [4.69, 9.17) is 56.0 Å². The number of hydrogen-bond acceptors (Lipinski definition) is 9. The van der Waals surface area contributed by atoms with Gasteiger partial charge in [0.15, 0.2) is 5.82 Å². The van der Waals surface area contributed by atoms with Gasteiger partial charge in [-0.2, -0.15) is 9.97 Å². The molecule has 13 heteroatoms. The van der Waals surface area contributed by atoms with E-state index in [1.54, 1.807) is 41.0 Å². The Morgan fingerprint density at radius 2 is 1.70 bits per heavy atom. The van der Waals surface area contributed by atoms with Crippen LogP contribution in [0.1, 0.15) is 53.9 Å². The Morgan fingerprint density at radius 3 is 2.40 bits per heavy atom. The molecule has 2 fully saturated rings. The molecule has 2 saturated carbocycles. The van der Waals surface area contributed by atoms with Crippen LogP contribution in [-0.2, 0) is 4.74 Å². The molecule has 2 aromatic heterocycles. The van der Waals surface area contributed by atoms with Gasteiger partial charge >= 0.3 is 5.97 Å². The number of nitrogens with zero attached hydrogens (tertiary/aromatic N) is 4. The lowest BCUT2D eigenvalue weighted by Crippen LogP contribution is -2.42. The fourth-order valence-electron chi connectivity index (χ4n) is 5.01. The van der Waals surface area contributed by atoms with Crippen molar-refractivity contribution < 1.29 is 9.53 Å². The van der Waals surface area contributed by atoms with Crippen molar-refractivity contribution in [3.8, 4) is 0 Å². The predicted octanol–water partition coefficient (Wildman–Crippen LogP) is 5.43. The highest BCUT2D eigenvalue weighted by Gasteiger charge is 2.41. The fourth-order valence-corrected chi connectivity index (χ4v) is 5.58. The summed E-state index contributed by atoms with van der Waals surface area (Å²) in [6, 6.07) is 11.2. The summed E-state index contributed by atoms with van der Waals surface area (Å²) in [7, 11) is 0. The molecule has 0 radical (unpaired) electrons. The lowest BCUT2D eigenvalue weighted by molar-refractivity contribution is -0.00922. The molecule has 206 valence electrons. The maximum Gasteiger partial charge on any atom is 0.338 e. The number of nitrogen functional groups attached to an aromatic ring is 2. The van der Waals surface area contributed by atoms with Crippen LogP contribution in [0.15, 0.2) is 47.3 Å². The van der Waals surface area contributed by atoms with Gasteiger partial charge in [-0.05, 0) is 43.0 Å². The minimum Gasteiger partial charge on any atom is -0.459 e. The van der Waals surface area contributed by atoms with Crippen LogP contribution in [0, 0.1) is 5.92 Å². The van der Waals surface area contributed by atoms with Crippen LogP contribution in [0.4, 0.5) is 17.6 Å². The van der Waals surface area contributed by atoms with Gasteiger partial charge in [-0.25, -0.2) is 9.78 Å². The molecule has 2 aromatic carbocycles. The standard InChI is InChI=1S/C27H24Cl3N7O3/c28-16-8-9-17(29)21-18(16)25(38)37(14-10-15(11-14)40-26(39)13-4-2-1-3-5-13)24(34-21)20(12-6-7-12)33-23-19(30)22(31)35-27(32)36-23/h1-5,8-9,12,14-15,20H,6-7,10-11H2,(H5,31,32,33,35,36)/t14-,15-,20-/m0/s1. The number of fused-ring (bicyclic) bond motifs is 1. The lowest BCUT2D eigenvalue weighted by atomic mass is 9.88. The fraction of sp³-hybridized carbons (Fsp3) is 0.296. The van der Waals surface area contributed by atoms with Gasteiger partial charge < -0.3 is 21.5 Å². The zero-order valence-electron chi connectivity index (χ0n) is 21.0. The van der Waals surface area contributed by atoms with Gasteiger partial charge in [0.05, 0.1) is 32.6 Å². The van der Waals surface area contributed by atoms with E-state index >= 15 is 0 Å². The summed E-state index contributed by atoms with van der Waals surface area (Å²) in [5.74, 6) is 0.411. The number of anilines is 3. The maximum atomic E-state index is 14.0. The Bertz CT molecular complexity index is 1690. The van der Waals surface area contributed by atoms with E-state index in [0.29, 0.717) is 34.8 Å². The van der Waals surface area contributed by atoms with Gasteiger partial charge in [0.1, 0.15) is 22.8 Å². The minimum atomic E-state index is -0.468. The molecule has 0 bridgehead atoms. The van der Waals surface area contributed by atoms with Crippen LogP contribution in [0.2, 0.25) is 15.1 Å². The number of rotatable bonds is 7. The third kappa shape index (κ3) is 4.91. The smallest absolute Gasteiger partial charge is 0.338 e. The van der Waals surface area contributed by atoms with E-state index in [1.165, 1.54) is 0 Å². The van der Waals surface area contributed by atoms with Crippen LogP contribution in [0.3, 0.4) is 0 Å². The first-order chi connectivity index (χ1) is 19.2. The zero-order chi connectivity index (χ0) is 28.1. The first kappa shape index (κ1) is 26.6. The molecular formula is C27H24Cl3N7O3. The number of benzene rings is 2. The summed E-state index contributed by atoms with van der Waals surface area (Å²) in [5, 5.41) is 4.21. The second-order valence-corrected chi connectivity index (χ2v) is 11.2. The molecule has 10 nitrogen and oxygen atoms in total. The second-order valence-electron chi connectivity index (χ2n) is 10.0. The summed E-state index contributed by atoms with van der Waals surface area (Å²) in [5.41, 5.74) is 12.2. The molecule has 0 aliphatic heterocycles. The summed E-state index contributed by atoms with van der Waals surface area (Å²) in [6.45, 7) is 0. The topological polar surface area (TPSA) is 151 Å². The molecule has 2 aliphatic rings. The highest BCUT2D eigenvalue weighted by Crippen LogP contribution is 2.46. The summed E-state index contributed by atoms with van der Waals surface area (Å²) < 4.78 is 7.33. The number of esters is 1. The van der Waals surface area contributed by atoms with Crippen molar-refractivity contribution in [3.63, 3.8) is 0 Å². The Labute approximate surface area is 243 Å². The maximum absolute atomic E-state index is 14.0. The number of nitrogens with one attached hydrogen (secondary N) is 1. The van der Waals surface area contributed by atoms with Crippen LogP contribution in [0.5, 0.6) is 0 Å². The molecule has 0 unspecified atom stereocenters. The van der Waals surface area contributed by atoms with Crippen LogP contribution >= 0.6 is 34.8 Å². The number of hydrogen-bond donors (Lipinski definition) is 3. The lowest BCUT2D eigenvalue weighted by Gasteiger charge is -2.38. The second kappa shape index (κ2) is 10.4. The normalized spacial score (nSPS) is 19.2. The Balaban J connectivity index is 1.39. The molecule has 5 N–H and O–H groups in total. The van der Waals surface area contributed by atoms with Gasteiger partial charge in [0.2, 0.25) is 5.95 Å².